The van der Waals surface area contributed by atoms with Gasteiger partial charge in [0, 0.05) is 26.1 Å². The molecule has 10 heteroatoms. The van der Waals surface area contributed by atoms with E-state index in [4.69, 9.17) is 5.11 Å². The van der Waals surface area contributed by atoms with E-state index < -0.39 is 18.1 Å². The van der Waals surface area contributed by atoms with Gasteiger partial charge in [0.15, 0.2) is 10.4 Å². The van der Waals surface area contributed by atoms with Gasteiger partial charge in [0.05, 0.1) is 5.69 Å². The van der Waals surface area contributed by atoms with Crippen molar-refractivity contribution in [3.63, 3.8) is 0 Å². The van der Waals surface area contributed by atoms with E-state index in [1.165, 1.54) is 4.57 Å². The van der Waals surface area contributed by atoms with Crippen LogP contribution in [0.2, 0.25) is 0 Å². The van der Waals surface area contributed by atoms with Crippen molar-refractivity contribution in [3.05, 3.63) is 16.1 Å². The Hall–Kier alpha value is -1.58. The number of alkyl halides is 3. The van der Waals surface area contributed by atoms with Crippen molar-refractivity contribution in [1.29, 1.82) is 0 Å². The van der Waals surface area contributed by atoms with E-state index in [2.05, 4.69) is 20.9 Å². The van der Waals surface area contributed by atoms with Gasteiger partial charge in [0.25, 0.3) is 0 Å². The van der Waals surface area contributed by atoms with Crippen molar-refractivity contribution in [2.75, 3.05) is 13.1 Å². The molecule has 1 aromatic rings. The van der Waals surface area contributed by atoms with Crippen LogP contribution in [0.4, 0.5) is 13.2 Å². The minimum atomic E-state index is -4.93. The minimum Gasteiger partial charge on any atom is -0.476 e. The van der Waals surface area contributed by atoms with Gasteiger partial charge in [0.2, 0.25) is 0 Å². The Morgan fingerprint density at radius 3 is 2.45 bits per heavy atom. The van der Waals surface area contributed by atoms with E-state index >= 15 is 0 Å². The van der Waals surface area contributed by atoms with Crippen LogP contribution in [0.3, 0.4) is 0 Å². The molecule has 0 unspecified atom stereocenters. The monoisotopic (exact) mass is 355 g/mol. The smallest absolute Gasteiger partial charge is 0.471 e. The molecule has 6 nitrogen and oxygen atoms in total. The third kappa shape index (κ3) is 2.65. The van der Waals surface area contributed by atoms with E-state index in [1.54, 1.807) is 0 Å². The van der Waals surface area contributed by atoms with Crippen molar-refractivity contribution in [2.45, 2.75) is 19.1 Å². The fourth-order valence-electron chi connectivity index (χ4n) is 2.06. The third-order valence-electron chi connectivity index (χ3n) is 2.97. The third-order valence-corrected chi connectivity index (χ3v) is 3.58. The fraction of sp³-hybridized carbons (Fsp3) is 0.500. The number of carbonyl (C=O) groups is 2. The number of aromatic nitrogens is 2. The summed E-state index contributed by atoms with van der Waals surface area (Å²) in [5.41, 5.74) is 0.0973. The molecule has 0 atom stereocenters. The highest BCUT2D eigenvalue weighted by molar-refractivity contribution is 9.10. The van der Waals surface area contributed by atoms with Gasteiger partial charge < -0.3 is 14.6 Å². The molecule has 1 aliphatic rings. The summed E-state index contributed by atoms with van der Waals surface area (Å²) in [5.74, 6) is -3.17. The first kappa shape index (κ1) is 14.8. The summed E-state index contributed by atoms with van der Waals surface area (Å²) in [6, 6.07) is 0. The van der Waals surface area contributed by atoms with Gasteiger partial charge in [-0.15, -0.1) is 0 Å². The number of carboxylic acid groups (broad SMARTS) is 1. The first-order valence-electron chi connectivity index (χ1n) is 5.56. The molecular formula is C10H9BrF3N3O3. The Labute approximate surface area is 119 Å². The van der Waals surface area contributed by atoms with E-state index in [0.717, 1.165) is 0 Å². The topological polar surface area (TPSA) is 75.4 Å². The quantitative estimate of drug-likeness (QED) is 0.823. The number of amides is 1. The molecule has 0 saturated heterocycles. The molecule has 1 amide bonds. The molecule has 0 radical (unpaired) electrons. The van der Waals surface area contributed by atoms with Gasteiger partial charge >= 0.3 is 18.1 Å². The lowest BCUT2D eigenvalue weighted by molar-refractivity contribution is -0.185. The number of rotatable bonds is 1. The maximum Gasteiger partial charge on any atom is 0.471 e. The standard InChI is InChI=1S/C10H9BrF3N3O3/c11-9-15-6(7(18)19)5-1-2-16(3-4-17(5)9)8(20)10(12,13)14/h1-4H2,(H,18,19). The van der Waals surface area contributed by atoms with Crippen LogP contribution in [-0.2, 0) is 17.8 Å². The number of hydrogen-bond acceptors (Lipinski definition) is 3. The van der Waals surface area contributed by atoms with E-state index in [1.807, 2.05) is 0 Å². The largest absolute Gasteiger partial charge is 0.476 e. The van der Waals surface area contributed by atoms with Gasteiger partial charge in [0.1, 0.15) is 0 Å². The molecule has 1 N–H and O–H groups in total. The van der Waals surface area contributed by atoms with Crippen molar-refractivity contribution in [2.24, 2.45) is 0 Å². The number of imidazole rings is 1. The number of hydrogen-bond donors (Lipinski definition) is 1. The summed E-state index contributed by atoms with van der Waals surface area (Å²) in [6.45, 7) is -0.297. The van der Waals surface area contributed by atoms with Crippen LogP contribution in [-0.4, -0.2) is 50.7 Å². The zero-order chi connectivity index (χ0) is 15.1. The highest BCUT2D eigenvalue weighted by Gasteiger charge is 2.43. The molecule has 20 heavy (non-hydrogen) atoms. The second-order valence-corrected chi connectivity index (χ2v) is 4.88. The van der Waals surface area contributed by atoms with E-state index in [0.29, 0.717) is 10.6 Å². The molecule has 1 aliphatic heterocycles. The predicted octanol–water partition coefficient (Wildman–Crippen LogP) is 1.29. The van der Waals surface area contributed by atoms with Crippen LogP contribution in [0.1, 0.15) is 16.2 Å². The summed E-state index contributed by atoms with van der Waals surface area (Å²) in [5, 5.41) is 8.99. The number of fused-ring (bicyclic) bond motifs is 1. The molecule has 0 aromatic carbocycles. The van der Waals surface area contributed by atoms with Crippen LogP contribution >= 0.6 is 15.9 Å². The Bertz CT molecular complexity index is 570. The highest BCUT2D eigenvalue weighted by Crippen LogP contribution is 2.23. The van der Waals surface area contributed by atoms with Crippen molar-refractivity contribution in [3.8, 4) is 0 Å². The first-order chi connectivity index (χ1) is 9.21. The summed E-state index contributed by atoms with van der Waals surface area (Å²) in [7, 11) is 0. The van der Waals surface area contributed by atoms with Gasteiger partial charge in [-0.1, -0.05) is 0 Å². The molecule has 0 bridgehead atoms. The predicted molar refractivity (Wildman–Crippen MR) is 63.2 cm³/mol. The molecule has 0 aliphatic carbocycles. The second kappa shape index (κ2) is 5.08. The number of aromatic carboxylic acids is 1. The number of nitrogens with zero attached hydrogens (tertiary/aromatic N) is 3. The van der Waals surface area contributed by atoms with E-state index in [9.17, 15) is 22.8 Å². The molecule has 2 heterocycles. The fourth-order valence-corrected chi connectivity index (χ4v) is 2.63. The van der Waals surface area contributed by atoms with Crippen LogP contribution in [0.5, 0.6) is 0 Å². The number of halogens is 4. The van der Waals surface area contributed by atoms with Gasteiger partial charge in [-0.05, 0) is 15.9 Å². The Morgan fingerprint density at radius 1 is 1.25 bits per heavy atom. The average Bonchev–Trinajstić information content (AvgIpc) is 2.54. The molecule has 1 aromatic heterocycles. The lowest BCUT2D eigenvalue weighted by Crippen LogP contribution is -2.42. The molecule has 0 fully saturated rings. The number of carboxylic acids is 1. The summed E-state index contributed by atoms with van der Waals surface area (Å²) in [4.78, 5) is 26.7. The van der Waals surface area contributed by atoms with Gasteiger partial charge in [-0.3, -0.25) is 4.79 Å². The zero-order valence-corrected chi connectivity index (χ0v) is 11.5. The lowest BCUT2D eigenvalue weighted by Gasteiger charge is -2.21. The van der Waals surface area contributed by atoms with Crippen molar-refractivity contribution < 1.29 is 27.9 Å². The first-order valence-corrected chi connectivity index (χ1v) is 6.35. The maximum absolute atomic E-state index is 12.4. The van der Waals surface area contributed by atoms with Crippen LogP contribution < -0.4 is 0 Å². The second-order valence-electron chi connectivity index (χ2n) is 4.17. The average molecular weight is 356 g/mol. The molecule has 110 valence electrons. The van der Waals surface area contributed by atoms with Crippen molar-refractivity contribution in [1.82, 2.24) is 14.5 Å². The maximum atomic E-state index is 12.4. The SMILES string of the molecule is O=C(O)c1nc(Br)n2c1CCN(C(=O)C(F)(F)F)CC2. The molecule has 2 rings (SSSR count). The Morgan fingerprint density at radius 2 is 1.90 bits per heavy atom. The van der Waals surface area contributed by atoms with Crippen molar-refractivity contribution >= 4 is 27.8 Å². The summed E-state index contributed by atoms with van der Waals surface area (Å²) in [6.07, 6.45) is -4.92. The van der Waals surface area contributed by atoms with Crippen LogP contribution in [0, 0.1) is 0 Å². The van der Waals surface area contributed by atoms with Gasteiger partial charge in [-0.25, -0.2) is 9.78 Å². The summed E-state index contributed by atoms with van der Waals surface area (Å²) < 4.78 is 38.9. The van der Waals surface area contributed by atoms with Crippen LogP contribution in [0.15, 0.2) is 4.73 Å². The normalized spacial score (nSPS) is 15.7. The Kier molecular flexibility index (Phi) is 3.76. The highest BCUT2D eigenvalue weighted by atomic mass is 79.9. The Balaban J connectivity index is 2.26. The lowest BCUT2D eigenvalue weighted by atomic mass is 10.2. The minimum absolute atomic E-state index is 0.00204. The molecule has 0 spiro atoms. The number of carbonyl (C=O) groups excluding carboxylic acids is 1. The molecular weight excluding hydrogens is 347 g/mol. The zero-order valence-electron chi connectivity index (χ0n) is 9.95. The summed E-state index contributed by atoms with van der Waals surface area (Å²) >= 11 is 3.07. The van der Waals surface area contributed by atoms with Gasteiger partial charge in [-0.2, -0.15) is 13.2 Å². The molecule has 0 saturated carbocycles. The van der Waals surface area contributed by atoms with E-state index in [-0.39, 0.29) is 36.5 Å². The van der Waals surface area contributed by atoms with Crippen LogP contribution in [0.25, 0.3) is 0 Å².